The smallest absolute Gasteiger partial charge is 0.251 e. The van der Waals surface area contributed by atoms with Crippen LogP contribution in [0.4, 0.5) is 5.69 Å². The monoisotopic (exact) mass is 361 g/mol. The predicted octanol–water partition coefficient (Wildman–Crippen LogP) is 3.60. The molecule has 1 aromatic rings. The number of thioether (sulfide) groups is 1. The molecule has 1 aliphatic heterocycles. The van der Waals surface area contributed by atoms with Crippen LogP contribution in [0.15, 0.2) is 24.3 Å². The van der Waals surface area contributed by atoms with Crippen LogP contribution in [0.25, 0.3) is 0 Å². The Bertz CT molecular complexity index is 578. The van der Waals surface area contributed by atoms with Crippen LogP contribution in [0.3, 0.4) is 0 Å². The zero-order valence-corrected chi connectivity index (χ0v) is 16.3. The zero-order chi connectivity index (χ0) is 17.7. The fourth-order valence-corrected chi connectivity index (χ4v) is 5.01. The van der Waals surface area contributed by atoms with Crippen molar-refractivity contribution in [2.75, 3.05) is 36.5 Å². The van der Waals surface area contributed by atoms with Crippen molar-refractivity contribution >= 4 is 23.4 Å². The van der Waals surface area contributed by atoms with E-state index in [1.807, 2.05) is 36.0 Å². The number of hydrogen-bond donors (Lipinski definition) is 2. The molecular formula is C20H31N3OS. The summed E-state index contributed by atoms with van der Waals surface area (Å²) in [5.41, 5.74) is 1.93. The highest BCUT2D eigenvalue weighted by atomic mass is 32.2. The molecule has 1 saturated heterocycles. The van der Waals surface area contributed by atoms with Crippen molar-refractivity contribution < 1.29 is 4.79 Å². The Morgan fingerprint density at radius 2 is 1.96 bits per heavy atom. The molecule has 1 saturated carbocycles. The van der Waals surface area contributed by atoms with Crippen molar-refractivity contribution in [2.45, 2.75) is 51.1 Å². The maximum absolute atomic E-state index is 12.7. The molecule has 5 heteroatoms. The largest absolute Gasteiger partial charge is 0.383 e. The van der Waals surface area contributed by atoms with E-state index in [4.69, 9.17) is 0 Å². The van der Waals surface area contributed by atoms with Gasteiger partial charge in [-0.15, -0.1) is 0 Å². The summed E-state index contributed by atoms with van der Waals surface area (Å²) in [7, 11) is 0. The molecule has 1 aliphatic carbocycles. The summed E-state index contributed by atoms with van der Waals surface area (Å²) in [5.74, 6) is 2.49. The maximum atomic E-state index is 12.7. The summed E-state index contributed by atoms with van der Waals surface area (Å²) in [6, 6.07) is 8.18. The van der Waals surface area contributed by atoms with Gasteiger partial charge in [0.25, 0.3) is 5.91 Å². The van der Waals surface area contributed by atoms with Gasteiger partial charge < -0.3 is 10.6 Å². The molecule has 4 nitrogen and oxygen atoms in total. The molecule has 0 radical (unpaired) electrons. The van der Waals surface area contributed by atoms with E-state index >= 15 is 0 Å². The van der Waals surface area contributed by atoms with Gasteiger partial charge in [-0.05, 0) is 44.9 Å². The topological polar surface area (TPSA) is 44.4 Å². The number of carbonyl (C=O) groups is 1. The molecule has 0 spiro atoms. The van der Waals surface area contributed by atoms with Crippen molar-refractivity contribution in [3.63, 3.8) is 0 Å². The van der Waals surface area contributed by atoms with Crippen LogP contribution in [0, 0.1) is 0 Å². The van der Waals surface area contributed by atoms with Crippen molar-refractivity contribution in [1.29, 1.82) is 0 Å². The Kier molecular flexibility index (Phi) is 6.29. The van der Waals surface area contributed by atoms with Crippen LogP contribution in [-0.2, 0) is 0 Å². The van der Waals surface area contributed by atoms with Gasteiger partial charge in [-0.2, -0.15) is 11.8 Å². The third-order valence-electron chi connectivity index (χ3n) is 5.37. The molecular weight excluding hydrogens is 330 g/mol. The molecule has 25 heavy (non-hydrogen) atoms. The van der Waals surface area contributed by atoms with Crippen molar-refractivity contribution in [3.8, 4) is 0 Å². The molecule has 0 unspecified atom stereocenters. The van der Waals surface area contributed by atoms with Gasteiger partial charge in [0, 0.05) is 54.0 Å². The highest BCUT2D eigenvalue weighted by molar-refractivity contribution is 7.99. The Labute approximate surface area is 156 Å². The van der Waals surface area contributed by atoms with Gasteiger partial charge in [-0.25, -0.2) is 0 Å². The van der Waals surface area contributed by atoms with E-state index < -0.39 is 0 Å². The van der Waals surface area contributed by atoms with E-state index in [2.05, 4.69) is 29.4 Å². The molecule has 2 aliphatic rings. The first-order valence-corrected chi connectivity index (χ1v) is 10.7. The number of carbonyl (C=O) groups excluding carboxylic acids is 1. The van der Waals surface area contributed by atoms with Crippen LogP contribution in [0.2, 0.25) is 0 Å². The first-order valence-electron chi connectivity index (χ1n) is 9.57. The predicted molar refractivity (Wildman–Crippen MR) is 108 cm³/mol. The summed E-state index contributed by atoms with van der Waals surface area (Å²) in [5, 5.41) is 6.61. The lowest BCUT2D eigenvalue weighted by molar-refractivity contribution is 0.0817. The number of nitrogens with one attached hydrogen (secondary N) is 2. The zero-order valence-electron chi connectivity index (χ0n) is 15.5. The van der Waals surface area contributed by atoms with E-state index in [9.17, 15) is 4.79 Å². The van der Waals surface area contributed by atoms with Crippen LogP contribution < -0.4 is 10.6 Å². The third-order valence-corrected chi connectivity index (χ3v) is 6.32. The fourth-order valence-electron chi connectivity index (χ4n) is 4.11. The summed E-state index contributed by atoms with van der Waals surface area (Å²) in [4.78, 5) is 15.3. The lowest BCUT2D eigenvalue weighted by atomic mass is 9.94. The van der Waals surface area contributed by atoms with Gasteiger partial charge in [0.15, 0.2) is 0 Å². The Balaban J connectivity index is 1.63. The summed E-state index contributed by atoms with van der Waals surface area (Å²) < 4.78 is 0. The molecule has 138 valence electrons. The molecule has 3 rings (SSSR count). The van der Waals surface area contributed by atoms with Crippen LogP contribution >= 0.6 is 11.8 Å². The Morgan fingerprint density at radius 3 is 2.64 bits per heavy atom. The summed E-state index contributed by atoms with van der Waals surface area (Å²) >= 11 is 2.05. The van der Waals surface area contributed by atoms with Gasteiger partial charge in [-0.3, -0.25) is 9.69 Å². The second-order valence-electron chi connectivity index (χ2n) is 7.59. The minimum atomic E-state index is 0.0464. The number of hydrogen-bond acceptors (Lipinski definition) is 4. The van der Waals surface area contributed by atoms with E-state index in [1.165, 1.54) is 37.2 Å². The Morgan fingerprint density at radius 1 is 1.24 bits per heavy atom. The summed E-state index contributed by atoms with van der Waals surface area (Å²) in [6.07, 6.45) is 5.00. The molecule has 2 N–H and O–H groups in total. The number of amides is 1. The average molecular weight is 362 g/mol. The second kappa shape index (κ2) is 8.45. The number of benzene rings is 1. The number of anilines is 1. The standard InChI is InChI=1S/C20H31N3OS/c1-16(2)22-18-7-5-6-17(14-18)19(24)21-15-20(8-3-4-9-20)23-10-12-25-13-11-23/h5-7,14,16,22H,3-4,8-13,15H2,1-2H3,(H,21,24). The maximum Gasteiger partial charge on any atom is 0.251 e. The summed E-state index contributed by atoms with van der Waals surface area (Å²) in [6.45, 7) is 7.31. The molecule has 0 bridgehead atoms. The number of rotatable bonds is 6. The molecule has 2 fully saturated rings. The van der Waals surface area contributed by atoms with E-state index in [0.29, 0.717) is 6.04 Å². The Hall–Kier alpha value is -1.20. The molecule has 1 aromatic carbocycles. The van der Waals surface area contributed by atoms with Crippen LogP contribution in [0.1, 0.15) is 49.9 Å². The molecule has 1 heterocycles. The minimum Gasteiger partial charge on any atom is -0.383 e. The molecule has 0 aromatic heterocycles. The first kappa shape index (κ1) is 18.6. The van der Waals surface area contributed by atoms with Crippen molar-refractivity contribution in [3.05, 3.63) is 29.8 Å². The normalized spacial score (nSPS) is 20.6. The SMILES string of the molecule is CC(C)Nc1cccc(C(=O)NCC2(N3CCSCC3)CCCC2)c1. The highest BCUT2D eigenvalue weighted by Crippen LogP contribution is 2.36. The molecule has 1 amide bonds. The fraction of sp³-hybridized carbons (Fsp3) is 0.650. The molecule has 0 atom stereocenters. The highest BCUT2D eigenvalue weighted by Gasteiger charge is 2.40. The lowest BCUT2D eigenvalue weighted by Gasteiger charge is -2.43. The van der Waals surface area contributed by atoms with Crippen molar-refractivity contribution in [2.24, 2.45) is 0 Å². The van der Waals surface area contributed by atoms with E-state index in [0.717, 1.165) is 30.9 Å². The van der Waals surface area contributed by atoms with Gasteiger partial charge >= 0.3 is 0 Å². The van der Waals surface area contributed by atoms with Gasteiger partial charge in [0.2, 0.25) is 0 Å². The van der Waals surface area contributed by atoms with Gasteiger partial charge in [0.05, 0.1) is 0 Å². The number of nitrogens with zero attached hydrogens (tertiary/aromatic N) is 1. The average Bonchev–Trinajstić information content (AvgIpc) is 3.10. The quantitative estimate of drug-likeness (QED) is 0.813. The first-order chi connectivity index (χ1) is 12.1. The minimum absolute atomic E-state index is 0.0464. The van der Waals surface area contributed by atoms with Crippen molar-refractivity contribution in [1.82, 2.24) is 10.2 Å². The van der Waals surface area contributed by atoms with E-state index in [1.54, 1.807) is 0 Å². The lowest BCUT2D eigenvalue weighted by Crippen LogP contribution is -2.56. The van der Waals surface area contributed by atoms with E-state index in [-0.39, 0.29) is 11.4 Å². The van der Waals surface area contributed by atoms with Gasteiger partial charge in [-0.1, -0.05) is 18.9 Å². The second-order valence-corrected chi connectivity index (χ2v) is 8.82. The van der Waals surface area contributed by atoms with Crippen LogP contribution in [0.5, 0.6) is 0 Å². The van der Waals surface area contributed by atoms with Crippen LogP contribution in [-0.4, -0.2) is 53.5 Å². The van der Waals surface area contributed by atoms with Gasteiger partial charge in [0.1, 0.15) is 0 Å². The third kappa shape index (κ3) is 4.70.